The minimum Gasteiger partial charge on any atom is -0.384 e. The smallest absolute Gasteiger partial charge is 0.104 e. The third kappa shape index (κ3) is 4.52. The molecule has 0 fully saturated rings. The summed E-state index contributed by atoms with van der Waals surface area (Å²) in [7, 11) is 0. The normalized spacial score (nSPS) is 12.1. The molecule has 0 spiro atoms. The Morgan fingerprint density at radius 1 is 1.33 bits per heavy atom. The fourth-order valence-corrected chi connectivity index (χ4v) is 1.96. The summed E-state index contributed by atoms with van der Waals surface area (Å²) in [5.41, 5.74) is 2.25. The fourth-order valence-electron chi connectivity index (χ4n) is 1.96. The minimum absolute atomic E-state index is 0.0851. The second-order valence-corrected chi connectivity index (χ2v) is 4.48. The van der Waals surface area contributed by atoms with Crippen LogP contribution in [0, 0.1) is 11.8 Å². The monoisotopic (exact) mass is 245 g/mol. The van der Waals surface area contributed by atoms with Crippen LogP contribution in [0.2, 0.25) is 0 Å². The lowest BCUT2D eigenvalue weighted by atomic mass is 10.1. The SMILES string of the molecule is CCC(C)N(CC)Cc1cccc(C#CCO)c1. The number of aliphatic hydroxyl groups is 1. The van der Waals surface area contributed by atoms with Gasteiger partial charge in [0.1, 0.15) is 6.61 Å². The van der Waals surface area contributed by atoms with Crippen molar-refractivity contribution >= 4 is 0 Å². The molecular weight excluding hydrogens is 222 g/mol. The Kier molecular flexibility index (Phi) is 6.49. The molecule has 18 heavy (non-hydrogen) atoms. The van der Waals surface area contributed by atoms with Crippen molar-refractivity contribution in [3.63, 3.8) is 0 Å². The van der Waals surface area contributed by atoms with E-state index in [1.54, 1.807) is 0 Å². The van der Waals surface area contributed by atoms with Crippen LogP contribution in [-0.4, -0.2) is 29.2 Å². The highest BCUT2D eigenvalue weighted by atomic mass is 16.2. The Bertz CT molecular complexity index is 417. The van der Waals surface area contributed by atoms with Crippen molar-refractivity contribution in [2.24, 2.45) is 0 Å². The van der Waals surface area contributed by atoms with E-state index >= 15 is 0 Å². The Morgan fingerprint density at radius 2 is 2.11 bits per heavy atom. The van der Waals surface area contributed by atoms with E-state index < -0.39 is 0 Å². The summed E-state index contributed by atoms with van der Waals surface area (Å²) in [6.07, 6.45) is 1.16. The third-order valence-corrected chi connectivity index (χ3v) is 3.24. The second kappa shape index (κ2) is 7.92. The van der Waals surface area contributed by atoms with Crippen molar-refractivity contribution in [3.05, 3.63) is 35.4 Å². The lowest BCUT2D eigenvalue weighted by Gasteiger charge is -2.27. The summed E-state index contributed by atoms with van der Waals surface area (Å²) in [5.74, 6) is 5.64. The molecule has 1 aromatic rings. The highest BCUT2D eigenvalue weighted by molar-refractivity contribution is 5.37. The lowest BCUT2D eigenvalue weighted by Crippen LogP contribution is -2.31. The molecule has 2 heteroatoms. The van der Waals surface area contributed by atoms with Crippen LogP contribution in [0.4, 0.5) is 0 Å². The third-order valence-electron chi connectivity index (χ3n) is 3.24. The first-order valence-corrected chi connectivity index (χ1v) is 6.64. The molecule has 0 amide bonds. The van der Waals surface area contributed by atoms with E-state index in [1.165, 1.54) is 5.56 Å². The zero-order valence-electron chi connectivity index (χ0n) is 11.6. The highest BCUT2D eigenvalue weighted by Gasteiger charge is 2.10. The molecule has 1 unspecified atom stereocenters. The van der Waals surface area contributed by atoms with Crippen LogP contribution in [0.15, 0.2) is 24.3 Å². The fraction of sp³-hybridized carbons (Fsp3) is 0.500. The van der Waals surface area contributed by atoms with Gasteiger partial charge in [-0.2, -0.15) is 0 Å². The van der Waals surface area contributed by atoms with Crippen LogP contribution < -0.4 is 0 Å². The van der Waals surface area contributed by atoms with Crippen molar-refractivity contribution < 1.29 is 5.11 Å². The summed E-state index contributed by atoms with van der Waals surface area (Å²) in [6.45, 7) is 8.61. The number of hydrogen-bond donors (Lipinski definition) is 1. The second-order valence-electron chi connectivity index (χ2n) is 4.48. The number of benzene rings is 1. The van der Waals surface area contributed by atoms with E-state index in [1.807, 2.05) is 12.1 Å². The molecular formula is C16H23NO. The molecule has 0 bridgehead atoms. The van der Waals surface area contributed by atoms with Crippen molar-refractivity contribution in [2.45, 2.75) is 39.8 Å². The zero-order chi connectivity index (χ0) is 13.4. The Balaban J connectivity index is 2.77. The van der Waals surface area contributed by atoms with E-state index in [0.717, 1.165) is 25.1 Å². The quantitative estimate of drug-likeness (QED) is 0.806. The van der Waals surface area contributed by atoms with Gasteiger partial charge < -0.3 is 5.11 Å². The van der Waals surface area contributed by atoms with Gasteiger partial charge in [0, 0.05) is 18.2 Å². The van der Waals surface area contributed by atoms with Gasteiger partial charge >= 0.3 is 0 Å². The van der Waals surface area contributed by atoms with Crippen molar-refractivity contribution in [3.8, 4) is 11.8 Å². The van der Waals surface area contributed by atoms with Gasteiger partial charge in [-0.15, -0.1) is 0 Å². The van der Waals surface area contributed by atoms with Gasteiger partial charge in [-0.1, -0.05) is 37.8 Å². The van der Waals surface area contributed by atoms with Gasteiger partial charge in [0.25, 0.3) is 0 Å². The lowest BCUT2D eigenvalue weighted by molar-refractivity contribution is 0.206. The van der Waals surface area contributed by atoms with Gasteiger partial charge in [0.05, 0.1) is 0 Å². The maximum atomic E-state index is 8.70. The number of aliphatic hydroxyl groups excluding tert-OH is 1. The van der Waals surface area contributed by atoms with Crippen LogP contribution in [0.3, 0.4) is 0 Å². The molecule has 1 atom stereocenters. The molecule has 0 aliphatic rings. The first kappa shape index (κ1) is 14.8. The molecule has 0 saturated heterocycles. The molecule has 2 nitrogen and oxygen atoms in total. The van der Waals surface area contributed by atoms with Crippen LogP contribution in [0.25, 0.3) is 0 Å². The van der Waals surface area contributed by atoms with Gasteiger partial charge in [0.15, 0.2) is 0 Å². The molecule has 0 heterocycles. The van der Waals surface area contributed by atoms with Crippen LogP contribution in [-0.2, 0) is 6.54 Å². The number of nitrogens with zero attached hydrogens (tertiary/aromatic N) is 1. The predicted octanol–water partition coefficient (Wildman–Crippen LogP) is 2.65. The predicted molar refractivity (Wildman–Crippen MR) is 76.2 cm³/mol. The summed E-state index contributed by atoms with van der Waals surface area (Å²) in [5, 5.41) is 8.70. The standard InChI is InChI=1S/C16H23NO/c1-4-14(3)17(5-2)13-16-9-6-8-15(12-16)10-7-11-18/h6,8-9,12,14,18H,4-5,11,13H2,1-3H3. The molecule has 1 aromatic carbocycles. The Morgan fingerprint density at radius 3 is 2.72 bits per heavy atom. The molecule has 98 valence electrons. The van der Waals surface area contributed by atoms with Gasteiger partial charge in [0.2, 0.25) is 0 Å². The summed E-state index contributed by atoms with van der Waals surface area (Å²) in [4.78, 5) is 2.46. The average molecular weight is 245 g/mol. The van der Waals surface area contributed by atoms with Crippen molar-refractivity contribution in [2.75, 3.05) is 13.2 Å². The van der Waals surface area contributed by atoms with Gasteiger partial charge in [-0.3, -0.25) is 4.90 Å². The maximum Gasteiger partial charge on any atom is 0.104 e. The van der Waals surface area contributed by atoms with Crippen LogP contribution in [0.5, 0.6) is 0 Å². The Hall–Kier alpha value is -1.30. The first-order chi connectivity index (χ1) is 8.71. The van der Waals surface area contributed by atoms with E-state index in [2.05, 4.69) is 49.6 Å². The summed E-state index contributed by atoms with van der Waals surface area (Å²) in [6, 6.07) is 8.85. The van der Waals surface area contributed by atoms with Gasteiger partial charge in [-0.05, 0) is 37.6 Å². The molecule has 1 rings (SSSR count). The summed E-state index contributed by atoms with van der Waals surface area (Å²) >= 11 is 0. The highest BCUT2D eigenvalue weighted by Crippen LogP contribution is 2.11. The topological polar surface area (TPSA) is 23.5 Å². The number of hydrogen-bond acceptors (Lipinski definition) is 2. The van der Waals surface area contributed by atoms with E-state index in [0.29, 0.717) is 6.04 Å². The molecule has 0 aliphatic heterocycles. The molecule has 0 aliphatic carbocycles. The van der Waals surface area contributed by atoms with Crippen LogP contribution in [0.1, 0.15) is 38.3 Å². The number of rotatable bonds is 5. The Labute approximate surface area is 111 Å². The van der Waals surface area contributed by atoms with Gasteiger partial charge in [-0.25, -0.2) is 0 Å². The molecule has 0 saturated carbocycles. The largest absolute Gasteiger partial charge is 0.384 e. The summed E-state index contributed by atoms with van der Waals surface area (Å²) < 4.78 is 0. The van der Waals surface area contributed by atoms with Crippen LogP contribution >= 0.6 is 0 Å². The zero-order valence-corrected chi connectivity index (χ0v) is 11.6. The van der Waals surface area contributed by atoms with Crippen molar-refractivity contribution in [1.82, 2.24) is 4.90 Å². The van der Waals surface area contributed by atoms with E-state index in [9.17, 15) is 0 Å². The first-order valence-electron chi connectivity index (χ1n) is 6.64. The molecule has 0 aromatic heterocycles. The average Bonchev–Trinajstić information content (AvgIpc) is 2.42. The minimum atomic E-state index is -0.0851. The molecule has 0 radical (unpaired) electrons. The maximum absolute atomic E-state index is 8.70. The van der Waals surface area contributed by atoms with E-state index in [-0.39, 0.29) is 6.61 Å². The van der Waals surface area contributed by atoms with Crippen molar-refractivity contribution in [1.29, 1.82) is 0 Å². The molecule has 1 N–H and O–H groups in total. The van der Waals surface area contributed by atoms with E-state index in [4.69, 9.17) is 5.11 Å².